The predicted octanol–water partition coefficient (Wildman–Crippen LogP) is -2.19. The van der Waals surface area contributed by atoms with Crippen molar-refractivity contribution in [2.75, 3.05) is 0 Å². The maximum atomic E-state index is 9.09. The molecule has 5 atom stereocenters. The Morgan fingerprint density at radius 3 is 2.00 bits per heavy atom. The first kappa shape index (κ1) is 8.89. The van der Waals surface area contributed by atoms with Crippen molar-refractivity contribution in [3.8, 4) is 0 Å². The van der Waals surface area contributed by atoms with E-state index in [4.69, 9.17) is 20.4 Å². The second-order valence-electron chi connectivity index (χ2n) is 2.70. The molecule has 0 aromatic heterocycles. The molecule has 0 spiro atoms. The van der Waals surface area contributed by atoms with Gasteiger partial charge in [-0.25, -0.2) is 0 Å². The van der Waals surface area contributed by atoms with Crippen molar-refractivity contribution in [2.24, 2.45) is 0 Å². The molecule has 5 nitrogen and oxygen atoms in total. The van der Waals surface area contributed by atoms with Crippen molar-refractivity contribution in [1.29, 1.82) is 0 Å². The van der Waals surface area contributed by atoms with Gasteiger partial charge < -0.3 is 25.2 Å². The fourth-order valence-corrected chi connectivity index (χ4v) is 1.03. The Morgan fingerprint density at radius 1 is 0.909 bits per heavy atom. The molecule has 5 heteroatoms. The number of aliphatic hydroxyl groups excluding tert-OH is 4. The molecule has 0 amide bonds. The molecule has 1 aliphatic rings. The molecule has 1 heterocycles. The first-order valence-corrected chi connectivity index (χ1v) is 3.41. The molecule has 0 aliphatic carbocycles. The van der Waals surface area contributed by atoms with Crippen LogP contribution in [0.3, 0.4) is 0 Å². The van der Waals surface area contributed by atoms with Crippen LogP contribution in [0.25, 0.3) is 0 Å². The highest BCUT2D eigenvalue weighted by Crippen LogP contribution is 2.18. The summed E-state index contributed by atoms with van der Waals surface area (Å²) < 4.78 is 4.68. The summed E-state index contributed by atoms with van der Waals surface area (Å²) in [4.78, 5) is 0. The molecule has 4 N–H and O–H groups in total. The van der Waals surface area contributed by atoms with Crippen LogP contribution in [-0.4, -0.2) is 51.1 Å². The fraction of sp³-hybridized carbons (Fsp3) is 1.00. The van der Waals surface area contributed by atoms with E-state index in [2.05, 4.69) is 4.74 Å². The van der Waals surface area contributed by atoms with Gasteiger partial charge in [0.2, 0.25) is 0 Å². The Morgan fingerprint density at radius 2 is 1.45 bits per heavy atom. The average molecular weight is 164 g/mol. The van der Waals surface area contributed by atoms with Gasteiger partial charge in [-0.15, -0.1) is 0 Å². The molecule has 0 aromatic rings. The predicted molar refractivity (Wildman–Crippen MR) is 34.6 cm³/mol. The zero-order valence-electron chi connectivity index (χ0n) is 6.08. The number of aliphatic hydroxyl groups is 4. The highest BCUT2D eigenvalue weighted by molar-refractivity contribution is 4.86. The summed E-state index contributed by atoms with van der Waals surface area (Å²) in [6.45, 7) is 1.50. The molecule has 4 unspecified atom stereocenters. The average Bonchev–Trinajstić information content (AvgIpc) is 1.97. The zero-order chi connectivity index (χ0) is 8.59. The standard InChI is InChI=1S/C6H12O5/c1-2-3(7)4(8)5(9)6(10)11-2/h2-10H,1H3/t2?,3-,4?,5?,6?/m1/s1. The molecule has 1 aliphatic heterocycles. The van der Waals surface area contributed by atoms with E-state index < -0.39 is 30.7 Å². The van der Waals surface area contributed by atoms with Crippen molar-refractivity contribution in [1.82, 2.24) is 0 Å². The molecule has 66 valence electrons. The van der Waals surface area contributed by atoms with E-state index in [9.17, 15) is 0 Å². The quantitative estimate of drug-likeness (QED) is 0.326. The maximum absolute atomic E-state index is 9.09. The maximum Gasteiger partial charge on any atom is 0.183 e. The minimum Gasteiger partial charge on any atom is -0.388 e. The van der Waals surface area contributed by atoms with Crippen LogP contribution >= 0.6 is 0 Å². The van der Waals surface area contributed by atoms with Crippen LogP contribution in [0.15, 0.2) is 0 Å². The highest BCUT2D eigenvalue weighted by Gasteiger charge is 2.40. The van der Waals surface area contributed by atoms with E-state index in [0.29, 0.717) is 0 Å². The topological polar surface area (TPSA) is 90.2 Å². The Kier molecular flexibility index (Phi) is 2.46. The van der Waals surface area contributed by atoms with Gasteiger partial charge in [-0.3, -0.25) is 0 Å². The van der Waals surface area contributed by atoms with Gasteiger partial charge in [-0.05, 0) is 6.92 Å². The third-order valence-electron chi connectivity index (χ3n) is 1.83. The second-order valence-corrected chi connectivity index (χ2v) is 2.70. The van der Waals surface area contributed by atoms with Gasteiger partial charge >= 0.3 is 0 Å². The lowest BCUT2D eigenvalue weighted by atomic mass is 10.0. The normalized spacial score (nSPS) is 52.6. The van der Waals surface area contributed by atoms with Crippen molar-refractivity contribution >= 4 is 0 Å². The molecule has 1 fully saturated rings. The monoisotopic (exact) mass is 164 g/mol. The lowest BCUT2D eigenvalue weighted by Crippen LogP contribution is -2.56. The Hall–Kier alpha value is -0.200. The van der Waals surface area contributed by atoms with Crippen LogP contribution in [0, 0.1) is 0 Å². The molecular weight excluding hydrogens is 152 g/mol. The minimum atomic E-state index is -1.43. The molecule has 0 saturated carbocycles. The zero-order valence-corrected chi connectivity index (χ0v) is 6.08. The van der Waals surface area contributed by atoms with Crippen molar-refractivity contribution in [2.45, 2.75) is 37.6 Å². The summed E-state index contributed by atoms with van der Waals surface area (Å²) in [5, 5.41) is 36.0. The fourth-order valence-electron chi connectivity index (χ4n) is 1.03. The number of hydrogen-bond acceptors (Lipinski definition) is 5. The van der Waals surface area contributed by atoms with Gasteiger partial charge in [-0.2, -0.15) is 0 Å². The second kappa shape index (κ2) is 3.04. The van der Waals surface area contributed by atoms with Crippen molar-refractivity contribution < 1.29 is 25.2 Å². The molecule has 1 rings (SSSR count). The Balaban J connectivity index is 2.63. The lowest BCUT2D eigenvalue weighted by Gasteiger charge is -2.36. The first-order chi connectivity index (χ1) is 5.04. The molecule has 11 heavy (non-hydrogen) atoms. The van der Waals surface area contributed by atoms with E-state index >= 15 is 0 Å². The first-order valence-electron chi connectivity index (χ1n) is 3.41. The summed E-state index contributed by atoms with van der Waals surface area (Å²) in [6, 6.07) is 0. The van der Waals surface area contributed by atoms with Crippen LogP contribution < -0.4 is 0 Å². The van der Waals surface area contributed by atoms with E-state index in [1.165, 1.54) is 6.92 Å². The van der Waals surface area contributed by atoms with Gasteiger partial charge in [0.25, 0.3) is 0 Å². The summed E-state index contributed by atoms with van der Waals surface area (Å²) >= 11 is 0. The highest BCUT2D eigenvalue weighted by atomic mass is 16.6. The van der Waals surface area contributed by atoms with E-state index in [0.717, 1.165) is 0 Å². The minimum absolute atomic E-state index is 0.664. The molecule has 0 bridgehead atoms. The van der Waals surface area contributed by atoms with Gasteiger partial charge in [0.15, 0.2) is 6.29 Å². The Bertz CT molecular complexity index is 125. The number of ether oxygens (including phenoxy) is 1. The van der Waals surface area contributed by atoms with E-state index in [1.54, 1.807) is 0 Å². The summed E-state index contributed by atoms with van der Waals surface area (Å²) in [6.07, 6.45) is -5.99. The molecule has 1 saturated heterocycles. The largest absolute Gasteiger partial charge is 0.388 e. The summed E-state index contributed by atoms with van der Waals surface area (Å²) in [5.41, 5.74) is 0. The van der Waals surface area contributed by atoms with Gasteiger partial charge in [-0.1, -0.05) is 0 Å². The molecular formula is C6H12O5. The van der Waals surface area contributed by atoms with Crippen LogP contribution in [0.2, 0.25) is 0 Å². The lowest BCUT2D eigenvalue weighted by molar-refractivity contribution is -0.277. The third-order valence-corrected chi connectivity index (χ3v) is 1.83. The number of rotatable bonds is 0. The van der Waals surface area contributed by atoms with Crippen LogP contribution in [-0.2, 0) is 4.74 Å². The SMILES string of the molecule is CC1OC(O)C(O)C(O)[C@@H]1O. The summed E-state index contributed by atoms with van der Waals surface area (Å²) in [7, 11) is 0. The smallest absolute Gasteiger partial charge is 0.183 e. The van der Waals surface area contributed by atoms with Gasteiger partial charge in [0.1, 0.15) is 18.3 Å². The van der Waals surface area contributed by atoms with Crippen LogP contribution in [0.5, 0.6) is 0 Å². The van der Waals surface area contributed by atoms with E-state index in [-0.39, 0.29) is 0 Å². The summed E-state index contributed by atoms with van der Waals surface area (Å²) in [5.74, 6) is 0. The molecule has 0 aromatic carbocycles. The third kappa shape index (κ3) is 1.52. The van der Waals surface area contributed by atoms with Crippen molar-refractivity contribution in [3.63, 3.8) is 0 Å². The van der Waals surface area contributed by atoms with E-state index in [1.807, 2.05) is 0 Å². The van der Waals surface area contributed by atoms with Crippen molar-refractivity contribution in [3.05, 3.63) is 0 Å². The van der Waals surface area contributed by atoms with Crippen LogP contribution in [0.1, 0.15) is 6.92 Å². The molecule has 0 radical (unpaired) electrons. The van der Waals surface area contributed by atoms with Gasteiger partial charge in [0, 0.05) is 0 Å². The van der Waals surface area contributed by atoms with Gasteiger partial charge in [0.05, 0.1) is 6.10 Å². The number of hydrogen-bond donors (Lipinski definition) is 4. The Labute approximate surface area is 63.8 Å². The van der Waals surface area contributed by atoms with Crippen LogP contribution in [0.4, 0.5) is 0 Å².